The van der Waals surface area contributed by atoms with Gasteiger partial charge in [-0.15, -0.1) is 0 Å². The molecule has 0 aliphatic rings. The number of anilines is 1. The molecular formula is C15H25I2N2+. The Bertz CT molecular complexity index is 386. The van der Waals surface area contributed by atoms with Gasteiger partial charge in [-0.05, 0) is 36.3 Å². The summed E-state index contributed by atoms with van der Waals surface area (Å²) in [5.41, 5.74) is 3.79. The average molecular weight is 487 g/mol. The van der Waals surface area contributed by atoms with Crippen molar-refractivity contribution in [3.05, 3.63) is 35.4 Å². The molecule has 0 spiro atoms. The monoisotopic (exact) mass is 487 g/mol. The lowest BCUT2D eigenvalue weighted by molar-refractivity contribution is -0.413. The van der Waals surface area contributed by atoms with Crippen molar-refractivity contribution >= 4 is 55.2 Å². The van der Waals surface area contributed by atoms with Crippen LogP contribution in [-0.4, -0.2) is 27.4 Å². The summed E-state index contributed by atoms with van der Waals surface area (Å²) < 4.78 is 0. The highest BCUT2D eigenvalue weighted by atomic mass is 128. The minimum Gasteiger partial charge on any atom is -0.378 e. The standard InChI is InChI=1S/C13H18N2.C2H6.I2/c1-11-10-13(15(3)4)8-7-12(11)6-5-9-14-2;2*1-2/h5-10H,1-4H3;1-2H3;/p+1. The molecule has 0 aliphatic carbocycles. The molecule has 108 valence electrons. The summed E-state index contributed by atoms with van der Waals surface area (Å²) >= 11 is 4.24. The Morgan fingerprint density at radius 2 is 1.74 bits per heavy atom. The van der Waals surface area contributed by atoms with E-state index in [1.54, 1.807) is 0 Å². The molecule has 4 heteroatoms. The van der Waals surface area contributed by atoms with Crippen LogP contribution in [0.4, 0.5) is 5.69 Å². The van der Waals surface area contributed by atoms with E-state index in [-0.39, 0.29) is 0 Å². The molecule has 2 nitrogen and oxygen atoms in total. The second-order valence-corrected chi connectivity index (χ2v) is 3.75. The van der Waals surface area contributed by atoms with E-state index in [0.29, 0.717) is 0 Å². The van der Waals surface area contributed by atoms with Crippen molar-refractivity contribution in [3.63, 3.8) is 0 Å². The van der Waals surface area contributed by atoms with Gasteiger partial charge in [-0.1, -0.05) is 19.9 Å². The minimum atomic E-state index is 1.24. The predicted octanol–water partition coefficient (Wildman–Crippen LogP) is 3.65. The van der Waals surface area contributed by atoms with Gasteiger partial charge in [0.1, 0.15) is 7.05 Å². The first-order valence-corrected chi connectivity index (χ1v) is 12.5. The Kier molecular flexibility index (Phi) is 16.0. The highest BCUT2D eigenvalue weighted by molar-refractivity contribution is 15.0. The van der Waals surface area contributed by atoms with E-state index in [4.69, 9.17) is 0 Å². The third-order valence-electron chi connectivity index (χ3n) is 2.31. The Balaban J connectivity index is 0. The number of nitrogens with zero attached hydrogens (tertiary/aromatic N) is 1. The largest absolute Gasteiger partial charge is 0.378 e. The van der Waals surface area contributed by atoms with Crippen LogP contribution in [0.2, 0.25) is 0 Å². The maximum atomic E-state index is 2.97. The summed E-state index contributed by atoms with van der Waals surface area (Å²) in [5.74, 6) is 0. The summed E-state index contributed by atoms with van der Waals surface area (Å²) in [7, 11) is 6.00. The van der Waals surface area contributed by atoms with Gasteiger partial charge in [-0.3, -0.25) is 4.99 Å². The lowest BCUT2D eigenvalue weighted by Crippen LogP contribution is -2.62. The predicted molar refractivity (Wildman–Crippen MR) is 107 cm³/mol. The smallest absolute Gasteiger partial charge is 0.161 e. The van der Waals surface area contributed by atoms with Crippen molar-refractivity contribution in [2.24, 2.45) is 0 Å². The number of benzene rings is 1. The van der Waals surface area contributed by atoms with Gasteiger partial charge in [0.05, 0.1) is 0 Å². The van der Waals surface area contributed by atoms with Crippen LogP contribution in [0.5, 0.6) is 0 Å². The zero-order valence-electron chi connectivity index (χ0n) is 12.7. The molecule has 0 aliphatic heterocycles. The topological polar surface area (TPSA) is 17.2 Å². The molecule has 0 saturated carbocycles. The van der Waals surface area contributed by atoms with Gasteiger partial charge >= 0.3 is 0 Å². The van der Waals surface area contributed by atoms with Crippen molar-refractivity contribution < 1.29 is 4.99 Å². The van der Waals surface area contributed by atoms with Crippen LogP contribution in [0, 0.1) is 6.92 Å². The van der Waals surface area contributed by atoms with Gasteiger partial charge in [0.15, 0.2) is 6.21 Å². The summed E-state index contributed by atoms with van der Waals surface area (Å²) in [4.78, 5) is 5.08. The lowest BCUT2D eigenvalue weighted by atomic mass is 10.1. The first-order valence-electron chi connectivity index (χ1n) is 6.24. The molecule has 0 atom stereocenters. The van der Waals surface area contributed by atoms with E-state index in [1.165, 1.54) is 16.8 Å². The first kappa shape index (κ1) is 21.2. The zero-order chi connectivity index (χ0) is 15.3. The van der Waals surface area contributed by atoms with Crippen LogP contribution >= 0.6 is 37.2 Å². The molecule has 0 bridgehead atoms. The van der Waals surface area contributed by atoms with Gasteiger partial charge in [0.25, 0.3) is 0 Å². The molecule has 1 aromatic rings. The third kappa shape index (κ3) is 9.43. The third-order valence-corrected chi connectivity index (χ3v) is 2.31. The van der Waals surface area contributed by atoms with E-state index in [0.717, 1.165) is 0 Å². The van der Waals surface area contributed by atoms with Crippen LogP contribution in [0.25, 0.3) is 6.08 Å². The van der Waals surface area contributed by atoms with Crippen molar-refractivity contribution in [3.8, 4) is 0 Å². The van der Waals surface area contributed by atoms with Crippen LogP contribution in [0.15, 0.2) is 24.3 Å². The maximum Gasteiger partial charge on any atom is 0.161 e. The van der Waals surface area contributed by atoms with Crippen molar-refractivity contribution in [2.75, 3.05) is 26.0 Å². The van der Waals surface area contributed by atoms with Crippen molar-refractivity contribution in [1.82, 2.24) is 0 Å². The van der Waals surface area contributed by atoms with E-state index >= 15 is 0 Å². The van der Waals surface area contributed by atoms with Crippen LogP contribution in [0.3, 0.4) is 0 Å². The molecule has 1 N–H and O–H groups in total. The lowest BCUT2D eigenvalue weighted by Gasteiger charge is -2.13. The van der Waals surface area contributed by atoms with Gasteiger partial charge < -0.3 is 4.90 Å². The summed E-state index contributed by atoms with van der Waals surface area (Å²) in [6.07, 6.45) is 6.03. The van der Waals surface area contributed by atoms with E-state index in [1.807, 2.05) is 33.2 Å². The highest BCUT2D eigenvalue weighted by Gasteiger charge is 1.98. The molecule has 1 aromatic carbocycles. The molecule has 0 saturated heterocycles. The Hall–Kier alpha value is -0.110. The molecular weight excluding hydrogens is 462 g/mol. The van der Waals surface area contributed by atoms with E-state index < -0.39 is 0 Å². The Labute approximate surface area is 141 Å². The Morgan fingerprint density at radius 1 is 1.16 bits per heavy atom. The minimum absolute atomic E-state index is 1.24. The molecule has 19 heavy (non-hydrogen) atoms. The number of aryl methyl sites for hydroxylation is 1. The summed E-state index contributed by atoms with van der Waals surface area (Å²) in [6, 6.07) is 6.47. The van der Waals surface area contributed by atoms with Crippen molar-refractivity contribution in [1.29, 1.82) is 0 Å². The maximum absolute atomic E-state index is 2.97. The molecule has 0 fully saturated rings. The molecule has 0 radical (unpaired) electrons. The Morgan fingerprint density at radius 3 is 2.16 bits per heavy atom. The molecule has 0 amide bonds. The van der Waals surface area contributed by atoms with Gasteiger partial charge in [0, 0.05) is 63.1 Å². The van der Waals surface area contributed by atoms with Gasteiger partial charge in [-0.2, -0.15) is 0 Å². The first-order chi connectivity index (χ1) is 9.15. The average Bonchev–Trinajstić information content (AvgIpc) is 2.45. The normalized spacial score (nSPS) is 9.68. The van der Waals surface area contributed by atoms with Crippen LogP contribution in [0.1, 0.15) is 25.0 Å². The van der Waals surface area contributed by atoms with E-state index in [9.17, 15) is 0 Å². The number of halogens is 2. The van der Waals surface area contributed by atoms with Crippen molar-refractivity contribution in [2.45, 2.75) is 20.8 Å². The molecule has 0 unspecified atom stereocenters. The molecule has 1 rings (SSSR count). The zero-order valence-corrected chi connectivity index (χ0v) is 17.0. The summed E-state index contributed by atoms with van der Waals surface area (Å²) in [5, 5.41) is 0. The number of hydrogen-bond donors (Lipinski definition) is 1. The number of rotatable bonds is 3. The number of hydrogen-bond acceptors (Lipinski definition) is 1. The molecule has 0 aromatic heterocycles. The van der Waals surface area contributed by atoms with E-state index in [2.05, 4.69) is 92.4 Å². The van der Waals surface area contributed by atoms with Crippen LogP contribution < -0.4 is 9.89 Å². The fourth-order valence-electron chi connectivity index (χ4n) is 1.37. The second-order valence-electron chi connectivity index (χ2n) is 3.75. The van der Waals surface area contributed by atoms with Gasteiger partial charge in [0.2, 0.25) is 0 Å². The van der Waals surface area contributed by atoms with Gasteiger partial charge in [-0.25, -0.2) is 0 Å². The second kappa shape index (κ2) is 14.3. The fraction of sp³-hybridized carbons (Fsp3) is 0.400. The fourth-order valence-corrected chi connectivity index (χ4v) is 1.37. The number of nitrogens with one attached hydrogen (secondary N) is 1. The highest BCUT2D eigenvalue weighted by Crippen LogP contribution is 2.17. The quantitative estimate of drug-likeness (QED) is 0.509. The molecule has 0 heterocycles. The SMILES string of the molecule is CC.C[NH+]=CC=Cc1ccc(N(C)C)cc1C.II. The summed E-state index contributed by atoms with van der Waals surface area (Å²) in [6.45, 7) is 6.13. The number of allylic oxidation sites excluding steroid dienone is 1. The van der Waals surface area contributed by atoms with Crippen LogP contribution in [-0.2, 0) is 0 Å².